The van der Waals surface area contributed by atoms with E-state index in [-0.39, 0.29) is 47.3 Å². The molecule has 3 amide bonds. The number of aliphatic hydroxyl groups is 3. The molecule has 0 unspecified atom stereocenters. The highest BCUT2D eigenvalue weighted by Gasteiger charge is 2.31. The second-order valence-electron chi connectivity index (χ2n) is 10.4. The molecule has 1 saturated carbocycles. The molecule has 6 N–H and O–H groups in total. The van der Waals surface area contributed by atoms with Gasteiger partial charge in [0.15, 0.2) is 23.1 Å². The van der Waals surface area contributed by atoms with Crippen LogP contribution in [0.15, 0.2) is 28.8 Å². The number of anilines is 3. The lowest BCUT2D eigenvalue weighted by molar-refractivity contribution is -0.323. The molecule has 2 fully saturated rings. The van der Waals surface area contributed by atoms with E-state index in [9.17, 15) is 29.7 Å². The monoisotopic (exact) mass is 622 g/mol. The first-order valence-corrected chi connectivity index (χ1v) is 13.9. The third-order valence-corrected chi connectivity index (χ3v) is 7.00. The second-order valence-corrected chi connectivity index (χ2v) is 10.4. The molecular formula is C27H30N10O8. The van der Waals surface area contributed by atoms with Crippen molar-refractivity contribution in [3.05, 3.63) is 35.8 Å². The van der Waals surface area contributed by atoms with Gasteiger partial charge in [-0.2, -0.15) is 10.2 Å². The zero-order chi connectivity index (χ0) is 32.1. The van der Waals surface area contributed by atoms with Crippen LogP contribution in [0.5, 0.6) is 5.75 Å². The number of piperazine rings is 1. The van der Waals surface area contributed by atoms with E-state index in [1.807, 2.05) is 6.07 Å². The third-order valence-electron chi connectivity index (χ3n) is 7.00. The molecule has 1 saturated heterocycles. The first-order valence-electron chi connectivity index (χ1n) is 13.9. The van der Waals surface area contributed by atoms with Crippen molar-refractivity contribution >= 4 is 34.9 Å². The Morgan fingerprint density at radius 3 is 2.56 bits per heavy atom. The Kier molecular flexibility index (Phi) is 9.15. The third kappa shape index (κ3) is 7.84. The maximum absolute atomic E-state index is 12.7. The van der Waals surface area contributed by atoms with Gasteiger partial charge < -0.3 is 40.1 Å². The van der Waals surface area contributed by atoms with E-state index in [0.717, 1.165) is 12.8 Å². The molecule has 18 nitrogen and oxygen atoms in total. The summed E-state index contributed by atoms with van der Waals surface area (Å²) < 4.78 is 11.2. The van der Waals surface area contributed by atoms with Gasteiger partial charge in [0.05, 0.1) is 36.7 Å². The smallest absolute Gasteiger partial charge is 0.369 e. The quantitative estimate of drug-likeness (QED) is 0.147. The molecule has 0 atom stereocenters. The number of nitrogens with one attached hydrogen (secondary N) is 3. The molecule has 3 heterocycles. The molecule has 2 aliphatic rings. The van der Waals surface area contributed by atoms with Crippen LogP contribution in [0.3, 0.4) is 0 Å². The summed E-state index contributed by atoms with van der Waals surface area (Å²) in [7, 11) is 1.41. The molecule has 2 aromatic heterocycles. The summed E-state index contributed by atoms with van der Waals surface area (Å²) in [4.78, 5) is 45.2. The van der Waals surface area contributed by atoms with Gasteiger partial charge in [0.1, 0.15) is 6.42 Å². The number of aromatic nitrogens is 4. The van der Waals surface area contributed by atoms with E-state index >= 15 is 0 Å². The van der Waals surface area contributed by atoms with Crippen molar-refractivity contribution in [2.75, 3.05) is 43.9 Å². The SMILES string of the molecule is COc1c(Nc2cc(NC(=O)C3CC3)nnc2C(=O)NC(O)(O)O)cccc1-c1nc(CN2CCN(C(=O)CC#N)CC2)no1. The van der Waals surface area contributed by atoms with Gasteiger partial charge in [-0.1, -0.05) is 11.2 Å². The highest BCUT2D eigenvalue weighted by molar-refractivity contribution is 6.00. The lowest BCUT2D eigenvalue weighted by Crippen LogP contribution is -2.48. The number of hydrogen-bond donors (Lipinski definition) is 6. The molecule has 1 aromatic carbocycles. The van der Waals surface area contributed by atoms with Crippen LogP contribution in [-0.4, -0.2) is 103 Å². The van der Waals surface area contributed by atoms with E-state index in [2.05, 4.69) is 35.9 Å². The van der Waals surface area contributed by atoms with E-state index in [1.165, 1.54) is 13.2 Å². The maximum Gasteiger partial charge on any atom is 0.369 e. The van der Waals surface area contributed by atoms with Crippen molar-refractivity contribution in [3.63, 3.8) is 0 Å². The summed E-state index contributed by atoms with van der Waals surface area (Å²) in [5.74, 6) is -0.968. The number of ether oxygens (including phenoxy) is 1. The molecule has 1 aliphatic carbocycles. The van der Waals surface area contributed by atoms with Gasteiger partial charge in [0, 0.05) is 38.2 Å². The number of benzene rings is 1. The summed E-state index contributed by atoms with van der Waals surface area (Å²) in [6.45, 7) is 2.49. The average Bonchev–Trinajstić information content (AvgIpc) is 3.75. The molecule has 18 heteroatoms. The Bertz CT molecular complexity index is 1620. The van der Waals surface area contributed by atoms with E-state index in [1.54, 1.807) is 28.4 Å². The molecule has 0 bridgehead atoms. The van der Waals surface area contributed by atoms with Crippen molar-refractivity contribution in [2.24, 2.45) is 5.92 Å². The van der Waals surface area contributed by atoms with Gasteiger partial charge in [-0.3, -0.25) is 24.6 Å². The van der Waals surface area contributed by atoms with Gasteiger partial charge in [-0.15, -0.1) is 10.2 Å². The Morgan fingerprint density at radius 2 is 1.89 bits per heavy atom. The minimum absolute atomic E-state index is 0.0214. The lowest BCUT2D eigenvalue weighted by Gasteiger charge is -2.33. The van der Waals surface area contributed by atoms with E-state index < -0.39 is 17.7 Å². The zero-order valence-corrected chi connectivity index (χ0v) is 24.1. The second kappa shape index (κ2) is 13.2. The Morgan fingerprint density at radius 1 is 1.13 bits per heavy atom. The Labute approximate surface area is 255 Å². The summed E-state index contributed by atoms with van der Waals surface area (Å²) in [5.41, 5.74) is 0.246. The van der Waals surface area contributed by atoms with Crippen molar-refractivity contribution in [1.82, 2.24) is 35.5 Å². The molecule has 45 heavy (non-hydrogen) atoms. The lowest BCUT2D eigenvalue weighted by atomic mass is 10.1. The zero-order valence-electron chi connectivity index (χ0n) is 24.1. The highest BCUT2D eigenvalue weighted by atomic mass is 16.7. The van der Waals surface area contributed by atoms with Crippen molar-refractivity contribution in [3.8, 4) is 23.3 Å². The summed E-state index contributed by atoms with van der Waals surface area (Å²) in [5, 5.41) is 55.4. The first-order chi connectivity index (χ1) is 21.5. The number of para-hydroxylation sites is 1. The molecular weight excluding hydrogens is 592 g/mol. The normalized spacial score (nSPS) is 15.2. The van der Waals surface area contributed by atoms with Crippen molar-refractivity contribution in [1.29, 1.82) is 5.26 Å². The fraction of sp³-hybridized carbons (Fsp3) is 0.407. The number of rotatable bonds is 11. The summed E-state index contributed by atoms with van der Waals surface area (Å²) in [6.07, 6.45) is -2.18. The van der Waals surface area contributed by atoms with Crippen LogP contribution in [0, 0.1) is 17.2 Å². The largest absolute Gasteiger partial charge is 0.494 e. The number of amides is 3. The molecule has 0 spiro atoms. The molecule has 236 valence electrons. The number of nitriles is 1. The number of carbonyl (C=O) groups excluding carboxylic acids is 3. The van der Waals surface area contributed by atoms with Crippen LogP contribution >= 0.6 is 0 Å². The fourth-order valence-electron chi connectivity index (χ4n) is 4.63. The molecule has 5 rings (SSSR count). The summed E-state index contributed by atoms with van der Waals surface area (Å²) in [6, 6.07) is 8.15. The fourth-order valence-corrected chi connectivity index (χ4v) is 4.63. The van der Waals surface area contributed by atoms with E-state index in [0.29, 0.717) is 49.8 Å². The number of methoxy groups -OCH3 is 1. The van der Waals surface area contributed by atoms with Crippen LogP contribution in [-0.2, 0) is 16.1 Å². The van der Waals surface area contributed by atoms with Crippen LogP contribution in [0.4, 0.5) is 17.2 Å². The van der Waals surface area contributed by atoms with Crippen LogP contribution in [0.2, 0.25) is 0 Å². The molecule has 3 aromatic rings. The minimum atomic E-state index is -3.52. The van der Waals surface area contributed by atoms with Crippen molar-refractivity contribution < 1.29 is 39.0 Å². The predicted molar refractivity (Wildman–Crippen MR) is 152 cm³/mol. The van der Waals surface area contributed by atoms with Crippen molar-refractivity contribution in [2.45, 2.75) is 31.9 Å². The predicted octanol–water partition coefficient (Wildman–Crippen LogP) is -0.497. The molecule has 0 radical (unpaired) electrons. The van der Waals surface area contributed by atoms with Gasteiger partial charge in [0.2, 0.25) is 11.8 Å². The van der Waals surface area contributed by atoms with Gasteiger partial charge >= 0.3 is 6.10 Å². The van der Waals surface area contributed by atoms with Gasteiger partial charge in [0.25, 0.3) is 11.8 Å². The van der Waals surface area contributed by atoms with E-state index in [4.69, 9.17) is 14.5 Å². The minimum Gasteiger partial charge on any atom is -0.494 e. The Balaban J connectivity index is 1.36. The van der Waals surface area contributed by atoms with Crippen LogP contribution in [0.25, 0.3) is 11.5 Å². The van der Waals surface area contributed by atoms with Crippen LogP contribution in [0.1, 0.15) is 35.6 Å². The Hall–Kier alpha value is -5.22. The number of nitrogens with zero attached hydrogens (tertiary/aromatic N) is 7. The topological polar surface area (TPSA) is 252 Å². The average molecular weight is 623 g/mol. The van der Waals surface area contributed by atoms with Gasteiger partial charge in [-0.25, -0.2) is 0 Å². The maximum atomic E-state index is 12.7. The molecule has 1 aliphatic heterocycles. The van der Waals surface area contributed by atoms with Crippen LogP contribution < -0.4 is 20.7 Å². The summed E-state index contributed by atoms with van der Waals surface area (Å²) >= 11 is 0. The standard InChI is InChI=1S/C27H30N10O8/c1-44-23-16(26-31-20(35-45-26)14-36-9-11-37(12-10-36)21(38)7-8-28)3-2-4-17(23)29-18-13-19(30-24(39)15-5-6-15)33-34-22(18)25(40)32-27(41,42)43/h2-4,13,15,41-43H,5-7,9-12,14H2,1H3,(H,32,40)(H2,29,30,33,39). The highest BCUT2D eigenvalue weighted by Crippen LogP contribution is 2.38. The van der Waals surface area contributed by atoms with Gasteiger partial charge in [-0.05, 0) is 25.0 Å². The number of carbonyl (C=O) groups is 3. The first kappa shape index (κ1) is 31.2. The number of hydrogen-bond acceptors (Lipinski definition) is 15.